The molecule has 0 heterocycles. The van der Waals surface area contributed by atoms with Crippen LogP contribution >= 0.6 is 0 Å². The predicted molar refractivity (Wildman–Crippen MR) is 99.5 cm³/mol. The normalized spacial score (nSPS) is 11.1. The highest BCUT2D eigenvalue weighted by Crippen LogP contribution is 2.19. The average Bonchev–Trinajstić information content (AvgIpc) is 2.64. The standard InChI is InChI=1S/C19H21N3O4/c1-4-15-6-9-17(10-7-15)26-12-19(23)21-20-14(3)16-8-5-13(2)18(11-16)22(24)25/h5-11H,4,12H2,1-3H3,(H,21,23)/b20-14+. The molecule has 0 fully saturated rings. The highest BCUT2D eigenvalue weighted by molar-refractivity contribution is 5.99. The van der Waals surface area contributed by atoms with Crippen molar-refractivity contribution in [3.05, 3.63) is 69.3 Å². The van der Waals surface area contributed by atoms with Crippen LogP contribution in [0.2, 0.25) is 0 Å². The van der Waals surface area contributed by atoms with Gasteiger partial charge >= 0.3 is 0 Å². The first kappa shape index (κ1) is 19.1. The molecule has 1 amide bonds. The third-order valence-electron chi connectivity index (χ3n) is 3.87. The number of amides is 1. The van der Waals surface area contributed by atoms with Crippen molar-refractivity contribution >= 4 is 17.3 Å². The third kappa shape index (κ3) is 5.14. The van der Waals surface area contributed by atoms with Gasteiger partial charge in [0, 0.05) is 17.2 Å². The summed E-state index contributed by atoms with van der Waals surface area (Å²) in [7, 11) is 0. The van der Waals surface area contributed by atoms with Crippen LogP contribution in [-0.4, -0.2) is 23.1 Å². The van der Waals surface area contributed by atoms with Gasteiger partial charge in [-0.25, -0.2) is 5.43 Å². The van der Waals surface area contributed by atoms with Gasteiger partial charge in [-0.2, -0.15) is 5.10 Å². The smallest absolute Gasteiger partial charge is 0.277 e. The van der Waals surface area contributed by atoms with Crippen LogP contribution in [-0.2, 0) is 11.2 Å². The number of aryl methyl sites for hydroxylation is 2. The minimum absolute atomic E-state index is 0.0160. The number of nitrogens with zero attached hydrogens (tertiary/aromatic N) is 2. The van der Waals surface area contributed by atoms with Crippen molar-refractivity contribution in [1.82, 2.24) is 5.43 Å². The molecule has 1 N–H and O–H groups in total. The fraction of sp³-hybridized carbons (Fsp3) is 0.263. The van der Waals surface area contributed by atoms with E-state index >= 15 is 0 Å². The van der Waals surface area contributed by atoms with Crippen molar-refractivity contribution in [2.75, 3.05) is 6.61 Å². The second-order valence-corrected chi connectivity index (χ2v) is 5.78. The Kier molecular flexibility index (Phi) is 6.43. The number of hydrogen-bond donors (Lipinski definition) is 1. The van der Waals surface area contributed by atoms with E-state index in [1.165, 1.54) is 11.6 Å². The number of nitrogens with one attached hydrogen (secondary N) is 1. The van der Waals surface area contributed by atoms with Crippen LogP contribution in [0.15, 0.2) is 47.6 Å². The van der Waals surface area contributed by atoms with Gasteiger partial charge in [-0.3, -0.25) is 14.9 Å². The minimum atomic E-state index is -0.442. The van der Waals surface area contributed by atoms with E-state index in [0.717, 1.165) is 6.42 Å². The zero-order valence-corrected chi connectivity index (χ0v) is 15.0. The highest BCUT2D eigenvalue weighted by Gasteiger charge is 2.12. The molecule has 0 saturated heterocycles. The molecule has 2 aromatic rings. The molecule has 26 heavy (non-hydrogen) atoms. The van der Waals surface area contributed by atoms with Crippen LogP contribution < -0.4 is 10.2 Å². The molecule has 0 atom stereocenters. The SMILES string of the molecule is CCc1ccc(OCC(=O)N/N=C(\C)c2ccc(C)c([N+](=O)[O-])c2)cc1. The van der Waals surface area contributed by atoms with Gasteiger partial charge in [0.1, 0.15) is 5.75 Å². The van der Waals surface area contributed by atoms with Crippen LogP contribution in [0.1, 0.15) is 30.5 Å². The largest absolute Gasteiger partial charge is 0.484 e. The molecule has 0 radical (unpaired) electrons. The second-order valence-electron chi connectivity index (χ2n) is 5.78. The lowest BCUT2D eigenvalue weighted by atomic mass is 10.1. The van der Waals surface area contributed by atoms with Gasteiger partial charge in [0.2, 0.25) is 0 Å². The summed E-state index contributed by atoms with van der Waals surface area (Å²) in [5.41, 5.74) is 5.20. The number of hydrazone groups is 1. The maximum absolute atomic E-state index is 11.9. The fourth-order valence-electron chi connectivity index (χ4n) is 2.24. The molecule has 0 aliphatic rings. The molecular weight excluding hydrogens is 334 g/mol. The van der Waals surface area contributed by atoms with E-state index in [1.807, 2.05) is 24.3 Å². The van der Waals surface area contributed by atoms with E-state index in [0.29, 0.717) is 22.6 Å². The summed E-state index contributed by atoms with van der Waals surface area (Å²) in [6.07, 6.45) is 0.936. The van der Waals surface area contributed by atoms with Crippen molar-refractivity contribution in [3.8, 4) is 5.75 Å². The van der Waals surface area contributed by atoms with Crippen molar-refractivity contribution in [2.45, 2.75) is 27.2 Å². The summed E-state index contributed by atoms with van der Waals surface area (Å²) in [4.78, 5) is 22.4. The minimum Gasteiger partial charge on any atom is -0.484 e. The van der Waals surface area contributed by atoms with Crippen LogP contribution in [0.3, 0.4) is 0 Å². The summed E-state index contributed by atoms with van der Waals surface area (Å²) >= 11 is 0. The molecule has 0 aliphatic heterocycles. The molecule has 2 aromatic carbocycles. The molecular formula is C19H21N3O4. The molecule has 0 spiro atoms. The quantitative estimate of drug-likeness (QED) is 0.468. The molecule has 0 aliphatic carbocycles. The van der Waals surface area contributed by atoms with E-state index in [4.69, 9.17) is 4.74 Å². The van der Waals surface area contributed by atoms with Gasteiger partial charge in [0.05, 0.1) is 10.6 Å². The van der Waals surface area contributed by atoms with E-state index < -0.39 is 10.8 Å². The lowest BCUT2D eigenvalue weighted by Gasteiger charge is -2.07. The lowest BCUT2D eigenvalue weighted by Crippen LogP contribution is -2.25. The van der Waals surface area contributed by atoms with Crippen LogP contribution in [0, 0.1) is 17.0 Å². The lowest BCUT2D eigenvalue weighted by molar-refractivity contribution is -0.385. The van der Waals surface area contributed by atoms with Crippen molar-refractivity contribution in [1.29, 1.82) is 0 Å². The Morgan fingerprint density at radius 3 is 2.54 bits per heavy atom. The molecule has 136 valence electrons. The molecule has 7 nitrogen and oxygen atoms in total. The molecule has 0 aromatic heterocycles. The Morgan fingerprint density at radius 1 is 1.23 bits per heavy atom. The number of hydrogen-bond acceptors (Lipinski definition) is 5. The Hall–Kier alpha value is -3.22. The first-order valence-electron chi connectivity index (χ1n) is 8.21. The highest BCUT2D eigenvalue weighted by atomic mass is 16.6. The van der Waals surface area contributed by atoms with E-state index in [9.17, 15) is 14.9 Å². The second kappa shape index (κ2) is 8.75. The third-order valence-corrected chi connectivity index (χ3v) is 3.87. The van der Waals surface area contributed by atoms with E-state index in [2.05, 4.69) is 17.5 Å². The first-order valence-corrected chi connectivity index (χ1v) is 8.21. The summed E-state index contributed by atoms with van der Waals surface area (Å²) in [6.45, 7) is 5.22. The predicted octanol–water partition coefficient (Wildman–Crippen LogP) is 3.38. The first-order chi connectivity index (χ1) is 12.4. The molecule has 0 unspecified atom stereocenters. The summed E-state index contributed by atoms with van der Waals surface area (Å²) in [6, 6.07) is 12.3. The maximum atomic E-state index is 11.9. The Morgan fingerprint density at radius 2 is 1.92 bits per heavy atom. The monoisotopic (exact) mass is 355 g/mol. The van der Waals surface area contributed by atoms with E-state index in [1.54, 1.807) is 26.0 Å². The van der Waals surface area contributed by atoms with Gasteiger partial charge in [-0.1, -0.05) is 31.2 Å². The molecule has 0 bridgehead atoms. The van der Waals surface area contributed by atoms with Crippen LogP contribution in [0.5, 0.6) is 5.75 Å². The van der Waals surface area contributed by atoms with E-state index in [-0.39, 0.29) is 12.3 Å². The van der Waals surface area contributed by atoms with Crippen LogP contribution in [0.25, 0.3) is 0 Å². The number of nitro benzene ring substituents is 1. The number of benzene rings is 2. The topological polar surface area (TPSA) is 93.8 Å². The zero-order valence-electron chi connectivity index (χ0n) is 15.0. The Balaban J connectivity index is 1.94. The zero-order chi connectivity index (χ0) is 19.1. The average molecular weight is 355 g/mol. The van der Waals surface area contributed by atoms with Gasteiger partial charge in [0.25, 0.3) is 11.6 Å². The van der Waals surface area contributed by atoms with Crippen molar-refractivity contribution < 1.29 is 14.5 Å². The summed E-state index contributed by atoms with van der Waals surface area (Å²) in [5, 5.41) is 15.0. The Bertz CT molecular complexity index is 829. The number of ether oxygens (including phenoxy) is 1. The Labute approximate surface area is 151 Å². The van der Waals surface area contributed by atoms with Gasteiger partial charge < -0.3 is 4.74 Å². The number of carbonyl (C=O) groups excluding carboxylic acids is 1. The van der Waals surface area contributed by atoms with Crippen molar-refractivity contribution in [3.63, 3.8) is 0 Å². The number of rotatable bonds is 7. The number of nitro groups is 1. The summed E-state index contributed by atoms with van der Waals surface area (Å²) < 4.78 is 5.40. The fourth-order valence-corrected chi connectivity index (χ4v) is 2.24. The van der Waals surface area contributed by atoms with Gasteiger partial charge in [-0.15, -0.1) is 0 Å². The maximum Gasteiger partial charge on any atom is 0.277 e. The number of carbonyl (C=O) groups is 1. The van der Waals surface area contributed by atoms with Gasteiger partial charge in [0.15, 0.2) is 6.61 Å². The molecule has 7 heteroatoms. The van der Waals surface area contributed by atoms with Crippen LogP contribution in [0.4, 0.5) is 5.69 Å². The van der Waals surface area contributed by atoms with Gasteiger partial charge in [-0.05, 0) is 38.0 Å². The summed E-state index contributed by atoms with van der Waals surface area (Å²) in [5.74, 6) is 0.192. The molecule has 2 rings (SSSR count). The molecule has 0 saturated carbocycles. The van der Waals surface area contributed by atoms with Crippen molar-refractivity contribution in [2.24, 2.45) is 5.10 Å².